The third kappa shape index (κ3) is 65.4. The zero-order valence-corrected chi connectivity index (χ0v) is 62.0. The Labute approximate surface area is 562 Å². The molecule has 0 amide bonds. The second-order valence-electron chi connectivity index (χ2n) is 28.0. The van der Waals surface area contributed by atoms with Crippen LogP contribution >= 0.6 is 15.6 Å². The Kier molecular flexibility index (Phi) is 61.3. The van der Waals surface area contributed by atoms with Gasteiger partial charge in [0.2, 0.25) is 0 Å². The molecule has 0 aliphatic carbocycles. The molecule has 0 saturated heterocycles. The molecule has 0 radical (unpaired) electrons. The normalized spacial score (nSPS) is 14.5. The molecular weight excluding hydrogens is 1210 g/mol. The number of rotatable bonds is 70. The van der Waals surface area contributed by atoms with Crippen LogP contribution in [0.2, 0.25) is 0 Å². The lowest BCUT2D eigenvalue weighted by atomic mass is 10.00. The lowest BCUT2D eigenvalue weighted by Crippen LogP contribution is -2.30. The summed E-state index contributed by atoms with van der Waals surface area (Å²) in [5.41, 5.74) is 0. The van der Waals surface area contributed by atoms with Crippen LogP contribution in [0.5, 0.6) is 0 Å². The SMILES string of the molecule is CCC(C)CCCCCCCCC(=O)OC[C@H](COP(=O)(O)OC[C@H](O)COP(=O)(O)OC[C@@H](COC(=O)CCCCCCCCCCCCCC(C)C)OC(=O)CCCCCCCCCCCCCCC(C)C)OC(=O)CCCCCCCCCCCCC(C)C. The first-order valence-corrected chi connectivity index (χ1v) is 40.7. The van der Waals surface area contributed by atoms with Gasteiger partial charge in [0.1, 0.15) is 19.3 Å². The minimum atomic E-state index is -4.96. The fourth-order valence-corrected chi connectivity index (χ4v) is 12.6. The number of hydrogen-bond donors (Lipinski definition) is 3. The molecule has 6 atom stereocenters. The molecule has 0 aliphatic rings. The summed E-state index contributed by atoms with van der Waals surface area (Å²) >= 11 is 0. The second kappa shape index (κ2) is 62.6. The molecule has 92 heavy (non-hydrogen) atoms. The van der Waals surface area contributed by atoms with Gasteiger partial charge < -0.3 is 33.8 Å². The van der Waals surface area contributed by atoms with E-state index in [0.717, 1.165) is 120 Å². The minimum absolute atomic E-state index is 0.105. The molecule has 0 fully saturated rings. The fraction of sp³-hybridized carbons (Fsp3) is 0.945. The van der Waals surface area contributed by atoms with E-state index in [9.17, 15) is 43.2 Å². The van der Waals surface area contributed by atoms with Crippen molar-refractivity contribution in [3.63, 3.8) is 0 Å². The Morgan fingerprint density at radius 2 is 0.522 bits per heavy atom. The van der Waals surface area contributed by atoms with E-state index >= 15 is 0 Å². The number of carbonyl (C=O) groups excluding carboxylic acids is 4. The Morgan fingerprint density at radius 1 is 0.304 bits per heavy atom. The Morgan fingerprint density at radius 3 is 0.772 bits per heavy atom. The van der Waals surface area contributed by atoms with Crippen molar-refractivity contribution in [2.24, 2.45) is 23.7 Å². The number of aliphatic hydroxyl groups excluding tert-OH is 1. The Hall–Kier alpha value is -1.94. The van der Waals surface area contributed by atoms with Crippen molar-refractivity contribution >= 4 is 39.5 Å². The maximum Gasteiger partial charge on any atom is 0.472 e. The number of unbranched alkanes of at least 4 members (excludes halogenated alkanes) is 35. The topological polar surface area (TPSA) is 237 Å². The van der Waals surface area contributed by atoms with Crippen LogP contribution in [0.1, 0.15) is 364 Å². The van der Waals surface area contributed by atoms with Gasteiger partial charge in [-0.3, -0.25) is 37.3 Å². The van der Waals surface area contributed by atoms with Gasteiger partial charge in [-0.2, -0.15) is 0 Å². The quantitative estimate of drug-likeness (QED) is 0.0222. The monoisotopic (exact) mass is 1350 g/mol. The lowest BCUT2D eigenvalue weighted by molar-refractivity contribution is -0.161. The van der Waals surface area contributed by atoms with Gasteiger partial charge in [-0.05, 0) is 49.4 Å². The Balaban J connectivity index is 5.27. The predicted molar refractivity (Wildman–Crippen MR) is 372 cm³/mol. The molecule has 0 aromatic carbocycles. The molecule has 0 rings (SSSR count). The first-order valence-electron chi connectivity index (χ1n) is 37.7. The van der Waals surface area contributed by atoms with Gasteiger partial charge in [0.15, 0.2) is 12.2 Å². The largest absolute Gasteiger partial charge is 0.472 e. The third-order valence-electron chi connectivity index (χ3n) is 17.2. The zero-order valence-electron chi connectivity index (χ0n) is 60.2. The van der Waals surface area contributed by atoms with Gasteiger partial charge in [0.25, 0.3) is 0 Å². The number of phosphoric acid groups is 2. The van der Waals surface area contributed by atoms with E-state index in [1.165, 1.54) is 161 Å². The van der Waals surface area contributed by atoms with E-state index < -0.39 is 97.5 Å². The number of aliphatic hydroxyl groups is 1. The second-order valence-corrected chi connectivity index (χ2v) is 30.9. The van der Waals surface area contributed by atoms with Crippen molar-refractivity contribution in [1.29, 1.82) is 0 Å². The van der Waals surface area contributed by atoms with Gasteiger partial charge in [-0.15, -0.1) is 0 Å². The highest BCUT2D eigenvalue weighted by atomic mass is 31.2. The number of phosphoric ester groups is 2. The first kappa shape index (κ1) is 90.1. The summed E-state index contributed by atoms with van der Waals surface area (Å²) in [5, 5.41) is 10.6. The molecule has 0 aromatic heterocycles. The highest BCUT2D eigenvalue weighted by Gasteiger charge is 2.30. The van der Waals surface area contributed by atoms with Crippen LogP contribution in [0.15, 0.2) is 0 Å². The summed E-state index contributed by atoms with van der Waals surface area (Å²) in [4.78, 5) is 72.7. The maximum absolute atomic E-state index is 13.1. The molecule has 0 aromatic rings. The summed E-state index contributed by atoms with van der Waals surface area (Å²) < 4.78 is 68.4. The Bertz CT molecular complexity index is 1820. The first-order chi connectivity index (χ1) is 44.1. The van der Waals surface area contributed by atoms with Crippen molar-refractivity contribution in [3.8, 4) is 0 Å². The van der Waals surface area contributed by atoms with Gasteiger partial charge in [0.05, 0.1) is 26.4 Å². The average molecular weight is 1350 g/mol. The molecule has 0 heterocycles. The average Bonchev–Trinajstić information content (AvgIpc) is 2.72. The van der Waals surface area contributed by atoms with Crippen LogP contribution in [-0.4, -0.2) is 96.7 Å². The minimum Gasteiger partial charge on any atom is -0.462 e. The van der Waals surface area contributed by atoms with Crippen molar-refractivity contribution in [1.82, 2.24) is 0 Å². The van der Waals surface area contributed by atoms with Crippen LogP contribution in [0.4, 0.5) is 0 Å². The van der Waals surface area contributed by atoms with Crippen molar-refractivity contribution < 1.29 is 80.2 Å². The van der Waals surface area contributed by atoms with Gasteiger partial charge in [-0.25, -0.2) is 9.13 Å². The van der Waals surface area contributed by atoms with E-state index in [2.05, 4.69) is 55.4 Å². The van der Waals surface area contributed by atoms with Crippen LogP contribution in [-0.2, 0) is 65.4 Å². The fourth-order valence-electron chi connectivity index (χ4n) is 11.0. The number of hydrogen-bond acceptors (Lipinski definition) is 15. The summed E-state index contributed by atoms with van der Waals surface area (Å²) in [6, 6.07) is 0. The van der Waals surface area contributed by atoms with Crippen LogP contribution in [0, 0.1) is 23.7 Å². The number of esters is 4. The highest BCUT2D eigenvalue weighted by molar-refractivity contribution is 7.47. The highest BCUT2D eigenvalue weighted by Crippen LogP contribution is 2.45. The van der Waals surface area contributed by atoms with Gasteiger partial charge in [0, 0.05) is 25.7 Å². The summed E-state index contributed by atoms with van der Waals surface area (Å²) in [6.07, 6.45) is 45.8. The van der Waals surface area contributed by atoms with E-state index in [1.54, 1.807) is 0 Å². The smallest absolute Gasteiger partial charge is 0.462 e. The van der Waals surface area contributed by atoms with Crippen LogP contribution in [0.3, 0.4) is 0 Å². The summed E-state index contributed by atoms with van der Waals surface area (Å²) in [6.45, 7) is 14.1. The molecule has 0 bridgehead atoms. The molecular formula is C73H142O17P2. The van der Waals surface area contributed by atoms with E-state index in [1.807, 2.05) is 0 Å². The molecule has 546 valence electrons. The van der Waals surface area contributed by atoms with E-state index in [4.69, 9.17) is 37.0 Å². The summed E-state index contributed by atoms with van der Waals surface area (Å²) in [5.74, 6) is 0.905. The van der Waals surface area contributed by atoms with Gasteiger partial charge in [-0.1, -0.05) is 312 Å². The predicted octanol–water partition coefficient (Wildman–Crippen LogP) is 20.9. The van der Waals surface area contributed by atoms with Crippen molar-refractivity contribution in [2.75, 3.05) is 39.6 Å². The molecule has 3 unspecified atom stereocenters. The van der Waals surface area contributed by atoms with E-state index in [-0.39, 0.29) is 25.7 Å². The van der Waals surface area contributed by atoms with Gasteiger partial charge >= 0.3 is 39.5 Å². The van der Waals surface area contributed by atoms with Crippen LogP contribution < -0.4 is 0 Å². The molecule has 17 nitrogen and oxygen atoms in total. The third-order valence-corrected chi connectivity index (χ3v) is 19.1. The summed E-state index contributed by atoms with van der Waals surface area (Å²) in [7, 11) is -9.91. The number of carbonyl (C=O) groups is 4. The molecule has 0 saturated carbocycles. The van der Waals surface area contributed by atoms with Crippen molar-refractivity contribution in [3.05, 3.63) is 0 Å². The molecule has 19 heteroatoms. The van der Waals surface area contributed by atoms with E-state index in [0.29, 0.717) is 25.7 Å². The molecule has 3 N–H and O–H groups in total. The van der Waals surface area contributed by atoms with Crippen molar-refractivity contribution in [2.45, 2.75) is 382 Å². The zero-order chi connectivity index (χ0) is 68.2. The lowest BCUT2D eigenvalue weighted by Gasteiger charge is -2.21. The maximum atomic E-state index is 13.1. The standard InChI is InChI=1S/C73H142O17P2/c1-9-66(8)52-44-36-31-32-38-46-54-71(76)84-60-69(90-73(78)56-48-40-30-24-18-17-21-27-35-43-51-65(6)7)62-88-92(81,82)86-58-67(74)57-85-91(79,80)87-61-68(59-83-70(75)53-45-37-28-22-16-12-14-20-26-34-42-50-64(4)5)89-72(77)55-47-39-29-23-15-11-10-13-19-25-33-41-49-63(2)3/h63-69,74H,9-62H2,1-8H3,(H,79,80)(H,81,82)/t66?,67-,68-,69-/m1/s1. The molecule has 0 aliphatic heterocycles. The van der Waals surface area contributed by atoms with Crippen LogP contribution in [0.25, 0.3) is 0 Å². The molecule has 0 spiro atoms. The number of ether oxygens (including phenoxy) is 4.